The third-order valence-corrected chi connectivity index (χ3v) is 4.96. The van der Waals surface area contributed by atoms with Crippen LogP contribution in [0.5, 0.6) is 11.5 Å². The van der Waals surface area contributed by atoms with E-state index in [0.29, 0.717) is 11.3 Å². The van der Waals surface area contributed by atoms with Gasteiger partial charge in [-0.1, -0.05) is 6.58 Å². The van der Waals surface area contributed by atoms with E-state index in [9.17, 15) is 27.9 Å². The molecule has 0 aliphatic carbocycles. The van der Waals surface area contributed by atoms with Gasteiger partial charge < -0.3 is 25.2 Å². The van der Waals surface area contributed by atoms with Crippen molar-refractivity contribution in [2.24, 2.45) is 0 Å². The summed E-state index contributed by atoms with van der Waals surface area (Å²) in [6.07, 6.45) is -2.26. The third-order valence-electron chi connectivity index (χ3n) is 4.96. The monoisotopic (exact) mass is 464 g/mol. The number of hydrogen-bond acceptors (Lipinski definition) is 5. The first-order valence-electron chi connectivity index (χ1n) is 10.1. The Bertz CT molecular complexity index is 1080. The van der Waals surface area contributed by atoms with Gasteiger partial charge >= 0.3 is 0 Å². The lowest BCUT2D eigenvalue weighted by Gasteiger charge is -2.29. The van der Waals surface area contributed by atoms with Gasteiger partial charge in [0, 0.05) is 36.7 Å². The van der Waals surface area contributed by atoms with Gasteiger partial charge in [-0.25, -0.2) is 13.2 Å². The maximum absolute atomic E-state index is 13.5. The van der Waals surface area contributed by atoms with E-state index in [1.165, 1.54) is 18.2 Å². The van der Waals surface area contributed by atoms with Gasteiger partial charge in [-0.05, 0) is 36.8 Å². The number of aliphatic hydroxyl groups excluding tert-OH is 1. The zero-order valence-corrected chi connectivity index (χ0v) is 17.8. The minimum atomic E-state index is -1.20. The lowest BCUT2D eigenvalue weighted by molar-refractivity contribution is -0.129. The fourth-order valence-electron chi connectivity index (χ4n) is 3.18. The van der Waals surface area contributed by atoms with Gasteiger partial charge in [-0.15, -0.1) is 0 Å². The highest BCUT2D eigenvalue weighted by atomic mass is 19.2. The van der Waals surface area contributed by atoms with Crippen molar-refractivity contribution in [3.63, 3.8) is 0 Å². The van der Waals surface area contributed by atoms with Crippen LogP contribution in [0, 0.1) is 24.4 Å². The molecule has 0 radical (unpaired) electrons. The van der Waals surface area contributed by atoms with Crippen LogP contribution in [-0.4, -0.2) is 36.2 Å². The van der Waals surface area contributed by atoms with Crippen molar-refractivity contribution in [1.29, 1.82) is 0 Å². The molecule has 7 nitrogen and oxygen atoms in total. The highest BCUT2D eigenvalue weighted by Crippen LogP contribution is 2.36. The summed E-state index contributed by atoms with van der Waals surface area (Å²) in [5.41, 5.74) is 0.747. The molecule has 2 aromatic rings. The number of halogens is 3. The summed E-state index contributed by atoms with van der Waals surface area (Å²) in [6.45, 7) is 5.18. The molecule has 0 saturated carbocycles. The molecule has 2 amide bonds. The summed E-state index contributed by atoms with van der Waals surface area (Å²) in [5, 5.41) is 15.3. The second kappa shape index (κ2) is 10.4. The van der Waals surface area contributed by atoms with E-state index in [-0.39, 0.29) is 48.8 Å². The number of nitrogens with one attached hydrogen (secondary N) is 2. The van der Waals surface area contributed by atoms with E-state index in [1.54, 1.807) is 6.92 Å². The minimum Gasteiger partial charge on any atom is -0.484 e. The van der Waals surface area contributed by atoms with Crippen molar-refractivity contribution in [3.8, 4) is 11.5 Å². The molecule has 1 heterocycles. The molecule has 0 saturated heterocycles. The third kappa shape index (κ3) is 6.26. The first kappa shape index (κ1) is 24.1. The number of hydrogen-bond donors (Lipinski definition) is 3. The molecule has 2 aromatic carbocycles. The van der Waals surface area contributed by atoms with E-state index in [0.717, 1.165) is 12.1 Å². The Morgan fingerprint density at radius 3 is 2.64 bits per heavy atom. The van der Waals surface area contributed by atoms with Crippen LogP contribution in [0.2, 0.25) is 0 Å². The molecule has 2 atom stereocenters. The molecule has 3 N–H and O–H groups in total. The number of aliphatic hydroxyl groups is 1. The molecule has 0 aromatic heterocycles. The molecule has 0 spiro atoms. The quantitative estimate of drug-likeness (QED) is 0.558. The van der Waals surface area contributed by atoms with Crippen LogP contribution in [0.25, 0.3) is 0 Å². The van der Waals surface area contributed by atoms with E-state index in [2.05, 4.69) is 17.2 Å². The van der Waals surface area contributed by atoms with E-state index in [1.807, 2.05) is 0 Å². The molecular weight excluding hydrogens is 441 g/mol. The predicted molar refractivity (Wildman–Crippen MR) is 112 cm³/mol. The van der Waals surface area contributed by atoms with Crippen LogP contribution in [0.15, 0.2) is 42.6 Å². The summed E-state index contributed by atoms with van der Waals surface area (Å²) in [7, 11) is 0. The Kier molecular flexibility index (Phi) is 7.59. The fraction of sp³-hybridized carbons (Fsp3) is 0.304. The van der Waals surface area contributed by atoms with Crippen molar-refractivity contribution < 1.29 is 37.3 Å². The van der Waals surface area contributed by atoms with Gasteiger partial charge in [0.25, 0.3) is 11.8 Å². The maximum atomic E-state index is 13.5. The van der Waals surface area contributed by atoms with Gasteiger partial charge in [0.2, 0.25) is 0 Å². The van der Waals surface area contributed by atoms with Crippen molar-refractivity contribution in [1.82, 2.24) is 10.6 Å². The molecular formula is C23H23F3N2O5. The molecule has 33 heavy (non-hydrogen) atoms. The first-order chi connectivity index (χ1) is 15.6. The number of ether oxygens (including phenoxy) is 2. The Hall–Kier alpha value is -3.53. The molecule has 0 bridgehead atoms. The number of benzene rings is 2. The summed E-state index contributed by atoms with van der Waals surface area (Å²) in [5.74, 6) is -3.42. The van der Waals surface area contributed by atoms with Gasteiger partial charge in [0.05, 0.1) is 6.10 Å². The second-order valence-electron chi connectivity index (χ2n) is 7.55. The van der Waals surface area contributed by atoms with Crippen molar-refractivity contribution in [2.45, 2.75) is 32.0 Å². The Labute approximate surface area is 188 Å². The highest BCUT2D eigenvalue weighted by molar-refractivity contribution is 5.83. The molecule has 0 fully saturated rings. The molecule has 1 aliphatic heterocycles. The fourth-order valence-corrected chi connectivity index (χ4v) is 3.18. The van der Waals surface area contributed by atoms with E-state index < -0.39 is 35.7 Å². The van der Waals surface area contributed by atoms with Gasteiger partial charge in [0.1, 0.15) is 17.3 Å². The van der Waals surface area contributed by atoms with Crippen LogP contribution in [-0.2, 0) is 9.59 Å². The molecule has 1 aliphatic rings. The SMILES string of the molecule is C=C(CCNC(=O)COc1ccc(F)c(C)c1)NC(=O)[C@H]1C[C@@H](O)c2cc(F)c(F)cc2O1. The average Bonchev–Trinajstić information content (AvgIpc) is 2.75. The van der Waals surface area contributed by atoms with Crippen molar-refractivity contribution in [2.75, 3.05) is 13.2 Å². The van der Waals surface area contributed by atoms with Gasteiger partial charge in [0.15, 0.2) is 24.3 Å². The zero-order chi connectivity index (χ0) is 24.1. The lowest BCUT2D eigenvalue weighted by Crippen LogP contribution is -2.41. The Morgan fingerprint density at radius 1 is 1.18 bits per heavy atom. The van der Waals surface area contributed by atoms with Crippen LogP contribution in [0.3, 0.4) is 0 Å². The molecule has 176 valence electrons. The van der Waals surface area contributed by atoms with E-state index in [4.69, 9.17) is 9.47 Å². The van der Waals surface area contributed by atoms with E-state index >= 15 is 0 Å². The first-order valence-corrected chi connectivity index (χ1v) is 10.1. The number of carbonyl (C=O) groups is 2. The molecule has 3 rings (SSSR count). The predicted octanol–water partition coefficient (Wildman–Crippen LogP) is 2.81. The Morgan fingerprint density at radius 2 is 1.91 bits per heavy atom. The van der Waals surface area contributed by atoms with Gasteiger partial charge in [-0.2, -0.15) is 0 Å². The number of amides is 2. The summed E-state index contributed by atoms with van der Waals surface area (Å²) >= 11 is 0. The standard InChI is InChI=1S/C23H23F3N2O5/c1-12-7-14(3-4-16(12)24)32-11-22(30)27-6-5-13(2)28-23(31)21-10-19(29)15-8-17(25)18(26)9-20(15)33-21/h3-4,7-9,19,21,29H,2,5-6,10-11H2,1H3,(H,27,30)(H,28,31)/t19-,21-/m1/s1. The number of rotatable bonds is 8. The van der Waals surface area contributed by atoms with Crippen molar-refractivity contribution >= 4 is 11.8 Å². The summed E-state index contributed by atoms with van der Waals surface area (Å²) in [6, 6.07) is 5.77. The highest BCUT2D eigenvalue weighted by Gasteiger charge is 2.33. The number of aryl methyl sites for hydroxylation is 1. The summed E-state index contributed by atoms with van der Waals surface area (Å²) < 4.78 is 50.8. The van der Waals surface area contributed by atoms with Crippen molar-refractivity contribution in [3.05, 3.63) is 71.2 Å². The topological polar surface area (TPSA) is 96.9 Å². The normalized spacial score (nSPS) is 16.9. The lowest BCUT2D eigenvalue weighted by atomic mass is 9.98. The van der Waals surface area contributed by atoms with Crippen LogP contribution < -0.4 is 20.1 Å². The largest absolute Gasteiger partial charge is 0.484 e. The average molecular weight is 464 g/mol. The minimum absolute atomic E-state index is 0.0671. The number of carbonyl (C=O) groups excluding carboxylic acids is 2. The molecule has 0 unspecified atom stereocenters. The van der Waals surface area contributed by atoms with Crippen LogP contribution in [0.1, 0.15) is 30.1 Å². The smallest absolute Gasteiger partial charge is 0.265 e. The Balaban J connectivity index is 1.41. The summed E-state index contributed by atoms with van der Waals surface area (Å²) in [4.78, 5) is 24.3. The zero-order valence-electron chi connectivity index (χ0n) is 17.8. The second-order valence-corrected chi connectivity index (χ2v) is 7.55. The molecule has 10 heteroatoms. The van der Waals surface area contributed by atoms with Crippen LogP contribution in [0.4, 0.5) is 13.2 Å². The number of fused-ring (bicyclic) bond motifs is 1. The van der Waals surface area contributed by atoms with Gasteiger partial charge in [-0.3, -0.25) is 9.59 Å². The maximum Gasteiger partial charge on any atom is 0.265 e. The van der Waals surface area contributed by atoms with Crippen LogP contribution >= 0.6 is 0 Å².